The van der Waals surface area contributed by atoms with Gasteiger partial charge >= 0.3 is 0 Å². The number of rotatable bonds is 1. The van der Waals surface area contributed by atoms with Crippen molar-refractivity contribution >= 4 is 48.6 Å². The van der Waals surface area contributed by atoms with Crippen LogP contribution in [0.2, 0.25) is 0 Å². The van der Waals surface area contributed by atoms with E-state index >= 15 is 0 Å². The Balaban J connectivity index is 1.85. The highest BCUT2D eigenvalue weighted by Gasteiger charge is 2.11. The molecule has 114 valence electrons. The van der Waals surface area contributed by atoms with Crippen molar-refractivity contribution in [2.45, 2.75) is 0 Å². The maximum atomic E-state index is 5.98. The van der Waals surface area contributed by atoms with Gasteiger partial charge in [-0.05, 0) is 46.2 Å². The Morgan fingerprint density at radius 2 is 1.50 bits per heavy atom. The quantitative estimate of drug-likeness (QED) is 0.304. The van der Waals surface area contributed by atoms with E-state index in [9.17, 15) is 0 Å². The summed E-state index contributed by atoms with van der Waals surface area (Å²) in [6, 6.07) is 27.5. The zero-order valence-corrected chi connectivity index (χ0v) is 14.4. The molecule has 2 heteroatoms. The van der Waals surface area contributed by atoms with Crippen molar-refractivity contribution in [1.29, 1.82) is 0 Å². The van der Waals surface area contributed by atoms with Crippen LogP contribution in [0.5, 0.6) is 0 Å². The lowest BCUT2D eigenvalue weighted by Crippen LogP contribution is -1.81. The Kier molecular flexibility index (Phi) is 3.00. The van der Waals surface area contributed by atoms with Crippen molar-refractivity contribution in [2.75, 3.05) is 0 Å². The van der Waals surface area contributed by atoms with Crippen LogP contribution in [0.1, 0.15) is 0 Å². The molecule has 1 aromatic heterocycles. The monoisotopic (exact) mass is 372 g/mol. The van der Waals surface area contributed by atoms with Gasteiger partial charge < -0.3 is 4.42 Å². The van der Waals surface area contributed by atoms with E-state index in [1.165, 1.54) is 21.9 Å². The molecule has 0 N–H and O–H groups in total. The van der Waals surface area contributed by atoms with E-state index < -0.39 is 0 Å². The summed E-state index contributed by atoms with van der Waals surface area (Å²) in [5, 5.41) is 4.80. The first kappa shape index (κ1) is 13.8. The summed E-state index contributed by atoms with van der Waals surface area (Å²) in [6.07, 6.45) is 0. The topological polar surface area (TPSA) is 13.1 Å². The van der Waals surface area contributed by atoms with E-state index in [1.807, 2.05) is 12.1 Å². The molecule has 0 radical (unpaired) electrons. The zero-order valence-electron chi connectivity index (χ0n) is 12.8. The van der Waals surface area contributed by atoms with Crippen LogP contribution in [0.15, 0.2) is 87.8 Å². The predicted octanol–water partition coefficient (Wildman–Crippen LogP) is 7.17. The average Bonchev–Trinajstić information content (AvgIpc) is 3.00. The van der Waals surface area contributed by atoms with Gasteiger partial charge in [-0.2, -0.15) is 0 Å². The molecule has 5 aromatic rings. The molecule has 0 unspecified atom stereocenters. The minimum Gasteiger partial charge on any atom is -0.456 e. The van der Waals surface area contributed by atoms with E-state index in [0.717, 1.165) is 26.4 Å². The molecule has 1 heterocycles. The fraction of sp³-hybridized carbons (Fsp3) is 0. The fourth-order valence-corrected chi connectivity index (χ4v) is 3.99. The molecule has 5 rings (SSSR count). The van der Waals surface area contributed by atoms with Crippen molar-refractivity contribution in [1.82, 2.24) is 0 Å². The van der Waals surface area contributed by atoms with Gasteiger partial charge in [-0.1, -0.05) is 70.5 Å². The van der Waals surface area contributed by atoms with Gasteiger partial charge in [0, 0.05) is 15.2 Å². The number of hydrogen-bond donors (Lipinski definition) is 0. The smallest absolute Gasteiger partial charge is 0.136 e. The van der Waals surface area contributed by atoms with Gasteiger partial charge in [0.15, 0.2) is 0 Å². The summed E-state index contributed by atoms with van der Waals surface area (Å²) in [6.45, 7) is 0. The van der Waals surface area contributed by atoms with Crippen molar-refractivity contribution in [3.05, 3.63) is 83.3 Å². The molecule has 0 aliphatic rings. The van der Waals surface area contributed by atoms with Crippen molar-refractivity contribution in [3.63, 3.8) is 0 Å². The van der Waals surface area contributed by atoms with Crippen LogP contribution in [0.3, 0.4) is 0 Å². The molecule has 4 aromatic carbocycles. The summed E-state index contributed by atoms with van der Waals surface area (Å²) < 4.78 is 7.05. The maximum absolute atomic E-state index is 5.98. The first-order valence-corrected chi connectivity index (χ1v) is 8.69. The SMILES string of the molecule is Brc1cccc2oc3ccc(-c4cccc5ccccc45)cc3c12. The van der Waals surface area contributed by atoms with Gasteiger partial charge in [-0.15, -0.1) is 0 Å². The molecular weight excluding hydrogens is 360 g/mol. The second-order valence-corrected chi connectivity index (χ2v) is 6.81. The van der Waals surface area contributed by atoms with Gasteiger partial charge in [0.05, 0.1) is 0 Å². The van der Waals surface area contributed by atoms with E-state index in [0.29, 0.717) is 0 Å². The lowest BCUT2D eigenvalue weighted by Gasteiger charge is -2.07. The van der Waals surface area contributed by atoms with E-state index in [-0.39, 0.29) is 0 Å². The largest absolute Gasteiger partial charge is 0.456 e. The molecule has 0 aliphatic heterocycles. The molecule has 0 atom stereocenters. The third-order valence-electron chi connectivity index (χ3n) is 4.54. The van der Waals surface area contributed by atoms with E-state index in [4.69, 9.17) is 4.42 Å². The summed E-state index contributed by atoms with van der Waals surface area (Å²) in [7, 11) is 0. The second kappa shape index (κ2) is 5.22. The highest BCUT2D eigenvalue weighted by atomic mass is 79.9. The summed E-state index contributed by atoms with van der Waals surface area (Å²) in [5.74, 6) is 0. The maximum Gasteiger partial charge on any atom is 0.136 e. The molecule has 1 nitrogen and oxygen atoms in total. The van der Waals surface area contributed by atoms with Crippen molar-refractivity contribution < 1.29 is 4.42 Å². The van der Waals surface area contributed by atoms with Crippen LogP contribution < -0.4 is 0 Å². The molecule has 0 saturated carbocycles. The number of hydrogen-bond acceptors (Lipinski definition) is 1. The van der Waals surface area contributed by atoms with Gasteiger partial charge in [-0.25, -0.2) is 0 Å². The van der Waals surface area contributed by atoms with Crippen molar-refractivity contribution in [2.24, 2.45) is 0 Å². The lowest BCUT2D eigenvalue weighted by atomic mass is 9.97. The Morgan fingerprint density at radius 1 is 0.667 bits per heavy atom. The predicted molar refractivity (Wildman–Crippen MR) is 104 cm³/mol. The van der Waals surface area contributed by atoms with Crippen molar-refractivity contribution in [3.8, 4) is 11.1 Å². The molecule has 0 fully saturated rings. The minimum atomic E-state index is 0.912. The Morgan fingerprint density at radius 3 is 2.46 bits per heavy atom. The number of fused-ring (bicyclic) bond motifs is 4. The van der Waals surface area contributed by atoms with E-state index in [2.05, 4.69) is 82.7 Å². The van der Waals surface area contributed by atoms with Gasteiger partial charge in [0.25, 0.3) is 0 Å². The average molecular weight is 373 g/mol. The first-order valence-electron chi connectivity index (χ1n) is 7.90. The summed E-state index contributed by atoms with van der Waals surface area (Å²) >= 11 is 3.66. The molecule has 0 aliphatic carbocycles. The molecule has 0 spiro atoms. The standard InChI is InChI=1S/C22H13BrO/c23-19-9-4-10-21-22(19)18-13-15(11-12-20(18)24-21)17-8-3-6-14-5-1-2-7-16(14)17/h1-13H. The summed E-state index contributed by atoms with van der Waals surface area (Å²) in [4.78, 5) is 0. The lowest BCUT2D eigenvalue weighted by molar-refractivity contribution is 0.669. The molecule has 0 saturated heterocycles. The van der Waals surface area contributed by atoms with Crippen LogP contribution in [-0.2, 0) is 0 Å². The molecule has 24 heavy (non-hydrogen) atoms. The normalized spacial score (nSPS) is 11.5. The minimum absolute atomic E-state index is 0.912. The van der Waals surface area contributed by atoms with E-state index in [1.54, 1.807) is 0 Å². The van der Waals surface area contributed by atoms with Gasteiger partial charge in [0.1, 0.15) is 11.2 Å². The Bertz CT molecular complexity index is 1210. The number of benzene rings is 4. The Hall–Kier alpha value is -2.58. The zero-order chi connectivity index (χ0) is 16.1. The summed E-state index contributed by atoms with van der Waals surface area (Å²) in [5.41, 5.74) is 4.28. The van der Waals surface area contributed by atoms with Crippen LogP contribution in [0, 0.1) is 0 Å². The number of halogens is 1. The van der Waals surface area contributed by atoms with Crippen LogP contribution in [0.25, 0.3) is 43.8 Å². The first-order chi connectivity index (χ1) is 11.8. The van der Waals surface area contributed by atoms with Gasteiger partial charge in [-0.3, -0.25) is 0 Å². The van der Waals surface area contributed by atoms with Crippen LogP contribution >= 0.6 is 15.9 Å². The molecule has 0 amide bonds. The molecule has 0 bridgehead atoms. The van der Waals surface area contributed by atoms with Gasteiger partial charge in [0.2, 0.25) is 0 Å². The number of furan rings is 1. The fourth-order valence-electron chi connectivity index (χ4n) is 3.43. The Labute approximate surface area is 147 Å². The third kappa shape index (κ3) is 2.00. The highest BCUT2D eigenvalue weighted by Crippen LogP contribution is 2.37. The third-order valence-corrected chi connectivity index (χ3v) is 5.21. The van der Waals surface area contributed by atoms with Crippen LogP contribution in [-0.4, -0.2) is 0 Å². The molecular formula is C22H13BrO. The second-order valence-electron chi connectivity index (χ2n) is 5.95. The van der Waals surface area contributed by atoms with Crippen LogP contribution in [0.4, 0.5) is 0 Å². The highest BCUT2D eigenvalue weighted by molar-refractivity contribution is 9.10.